The highest BCUT2D eigenvalue weighted by atomic mass is 16.4. The molecule has 2 aliphatic rings. The summed E-state index contributed by atoms with van der Waals surface area (Å²) in [6.07, 6.45) is 0. The van der Waals surface area contributed by atoms with Crippen molar-refractivity contribution in [3.63, 3.8) is 0 Å². The normalized spacial score (nSPS) is 11.1. The minimum absolute atomic E-state index is 0.0205. The van der Waals surface area contributed by atoms with Crippen LogP contribution in [0.15, 0.2) is 63.8 Å². The fourth-order valence-corrected chi connectivity index (χ4v) is 3.20. The number of hydrogen-bond acceptors (Lipinski definition) is 4. The zero-order chi connectivity index (χ0) is 18.4. The molecule has 0 fully saturated rings. The zero-order valence-corrected chi connectivity index (χ0v) is 13.8. The average molecular weight is 346 g/mol. The number of carboxylic acids is 1. The summed E-state index contributed by atoms with van der Waals surface area (Å²) in [7, 11) is 0. The third kappa shape index (κ3) is 2.50. The van der Waals surface area contributed by atoms with E-state index in [1.165, 1.54) is 24.3 Å². The molecule has 26 heavy (non-hydrogen) atoms. The highest BCUT2D eigenvalue weighted by Gasteiger charge is 2.21. The summed E-state index contributed by atoms with van der Waals surface area (Å²) in [6, 6.07) is 14.3. The van der Waals surface area contributed by atoms with E-state index in [9.17, 15) is 19.8 Å². The Bertz CT molecular complexity index is 1200. The average Bonchev–Trinajstić information content (AvgIpc) is 2.59. The van der Waals surface area contributed by atoms with Gasteiger partial charge < -0.3 is 14.6 Å². The number of fused-ring (bicyclic) bond motifs is 2. The van der Waals surface area contributed by atoms with E-state index < -0.39 is 5.97 Å². The van der Waals surface area contributed by atoms with Crippen LogP contribution in [0.4, 0.5) is 0 Å². The Kier molecular flexibility index (Phi) is 3.51. The molecule has 0 atom stereocenters. The zero-order valence-electron chi connectivity index (χ0n) is 13.8. The largest absolute Gasteiger partial charge is 0.508 e. The minimum atomic E-state index is -1.04. The van der Waals surface area contributed by atoms with E-state index in [0.717, 1.165) is 5.56 Å². The molecule has 0 amide bonds. The van der Waals surface area contributed by atoms with Crippen molar-refractivity contribution < 1.29 is 19.4 Å². The highest BCUT2D eigenvalue weighted by Crippen LogP contribution is 2.41. The molecule has 2 aromatic carbocycles. The van der Waals surface area contributed by atoms with Gasteiger partial charge in [-0.25, -0.2) is 4.79 Å². The number of aryl methyl sites for hydroxylation is 1. The second kappa shape index (κ2) is 5.74. The molecule has 0 spiro atoms. The third-order valence-electron chi connectivity index (χ3n) is 4.35. The molecule has 4 rings (SSSR count). The molecule has 1 heterocycles. The fraction of sp³-hybridized carbons (Fsp3) is 0.0476. The first kappa shape index (κ1) is 15.9. The fourth-order valence-electron chi connectivity index (χ4n) is 3.20. The van der Waals surface area contributed by atoms with Gasteiger partial charge in [0.05, 0.1) is 5.56 Å². The van der Waals surface area contributed by atoms with Crippen molar-refractivity contribution in [2.45, 2.75) is 6.92 Å². The maximum atomic E-state index is 11.8. The van der Waals surface area contributed by atoms with E-state index in [0.29, 0.717) is 33.4 Å². The molecule has 0 aromatic heterocycles. The topological polar surface area (TPSA) is 87.7 Å². The molecule has 1 aliphatic heterocycles. The SMILES string of the molecule is Cc1ccc(-c2c3ccc(=O)cc-3oc3cc(O)ccc23)c(C(=O)O)c1. The van der Waals surface area contributed by atoms with Gasteiger partial charge in [0.25, 0.3) is 0 Å². The molecule has 0 bridgehead atoms. The molecule has 0 radical (unpaired) electrons. The number of benzene rings is 3. The number of aromatic hydroxyl groups is 1. The van der Waals surface area contributed by atoms with E-state index in [-0.39, 0.29) is 16.7 Å². The van der Waals surface area contributed by atoms with Gasteiger partial charge in [0, 0.05) is 28.6 Å². The van der Waals surface area contributed by atoms with Crippen molar-refractivity contribution in [3.05, 3.63) is 75.9 Å². The van der Waals surface area contributed by atoms with Crippen molar-refractivity contribution in [1.29, 1.82) is 0 Å². The van der Waals surface area contributed by atoms with Gasteiger partial charge in [0.2, 0.25) is 0 Å². The molecule has 1 aliphatic carbocycles. The van der Waals surface area contributed by atoms with Crippen LogP contribution in [0.2, 0.25) is 0 Å². The van der Waals surface area contributed by atoms with Crippen molar-refractivity contribution in [1.82, 2.24) is 0 Å². The van der Waals surface area contributed by atoms with Crippen LogP contribution in [0.5, 0.6) is 5.75 Å². The monoisotopic (exact) mass is 346 g/mol. The summed E-state index contributed by atoms with van der Waals surface area (Å²) in [4.78, 5) is 23.6. The van der Waals surface area contributed by atoms with Crippen LogP contribution in [0.3, 0.4) is 0 Å². The van der Waals surface area contributed by atoms with Gasteiger partial charge in [-0.15, -0.1) is 0 Å². The number of hydrogen-bond donors (Lipinski definition) is 2. The number of aromatic carboxylic acids is 1. The lowest BCUT2D eigenvalue weighted by Crippen LogP contribution is -2.03. The molecule has 128 valence electrons. The van der Waals surface area contributed by atoms with Crippen LogP contribution < -0.4 is 5.43 Å². The number of phenols is 1. The second-order valence-corrected chi connectivity index (χ2v) is 6.17. The lowest BCUT2D eigenvalue weighted by atomic mass is 9.90. The van der Waals surface area contributed by atoms with Crippen molar-refractivity contribution in [2.24, 2.45) is 0 Å². The molecule has 0 saturated heterocycles. The van der Waals surface area contributed by atoms with Gasteiger partial charge in [0.1, 0.15) is 17.1 Å². The van der Waals surface area contributed by atoms with Gasteiger partial charge in [-0.1, -0.05) is 17.7 Å². The van der Waals surface area contributed by atoms with Crippen LogP contribution in [0.1, 0.15) is 15.9 Å². The van der Waals surface area contributed by atoms with E-state index in [1.54, 1.807) is 24.3 Å². The number of carbonyl (C=O) groups is 1. The molecule has 2 N–H and O–H groups in total. The maximum Gasteiger partial charge on any atom is 0.336 e. The quantitative estimate of drug-likeness (QED) is 0.529. The maximum absolute atomic E-state index is 11.8. The Morgan fingerprint density at radius 1 is 0.962 bits per heavy atom. The lowest BCUT2D eigenvalue weighted by molar-refractivity contribution is 0.0697. The van der Waals surface area contributed by atoms with Crippen molar-refractivity contribution >= 4 is 16.9 Å². The molecular formula is C21H14O5. The van der Waals surface area contributed by atoms with Gasteiger partial charge in [-0.2, -0.15) is 0 Å². The smallest absolute Gasteiger partial charge is 0.336 e. The molecule has 5 nitrogen and oxygen atoms in total. The summed E-state index contributed by atoms with van der Waals surface area (Å²) in [5, 5.41) is 20.1. The van der Waals surface area contributed by atoms with Gasteiger partial charge in [-0.3, -0.25) is 4.79 Å². The summed E-state index contributed by atoms with van der Waals surface area (Å²) in [5.74, 6) is -0.681. The Hall–Kier alpha value is -3.60. The second-order valence-electron chi connectivity index (χ2n) is 6.17. The first-order valence-electron chi connectivity index (χ1n) is 7.98. The number of carboxylic acid groups (broad SMARTS) is 1. The van der Waals surface area contributed by atoms with Crippen LogP contribution in [0.25, 0.3) is 33.4 Å². The molecule has 0 saturated carbocycles. The molecular weight excluding hydrogens is 332 g/mol. The highest BCUT2D eigenvalue weighted by molar-refractivity contribution is 6.07. The predicted octanol–water partition coefficient (Wildman–Crippen LogP) is 4.28. The van der Waals surface area contributed by atoms with Gasteiger partial charge >= 0.3 is 5.97 Å². The summed E-state index contributed by atoms with van der Waals surface area (Å²) in [6.45, 7) is 1.83. The minimum Gasteiger partial charge on any atom is -0.508 e. The summed E-state index contributed by atoms with van der Waals surface area (Å²) < 4.78 is 5.79. The first-order valence-corrected chi connectivity index (χ1v) is 7.98. The van der Waals surface area contributed by atoms with E-state index in [4.69, 9.17) is 4.42 Å². The van der Waals surface area contributed by atoms with Crippen molar-refractivity contribution in [2.75, 3.05) is 0 Å². The van der Waals surface area contributed by atoms with E-state index in [2.05, 4.69) is 0 Å². The Morgan fingerprint density at radius 2 is 1.73 bits per heavy atom. The summed E-state index contributed by atoms with van der Waals surface area (Å²) in [5.41, 5.74) is 2.97. The summed E-state index contributed by atoms with van der Waals surface area (Å²) >= 11 is 0. The Morgan fingerprint density at radius 3 is 2.50 bits per heavy atom. The predicted molar refractivity (Wildman–Crippen MR) is 97.9 cm³/mol. The number of rotatable bonds is 2. The van der Waals surface area contributed by atoms with E-state index >= 15 is 0 Å². The third-order valence-corrected chi connectivity index (χ3v) is 4.35. The van der Waals surface area contributed by atoms with Crippen LogP contribution in [-0.2, 0) is 0 Å². The van der Waals surface area contributed by atoms with E-state index in [1.807, 2.05) is 13.0 Å². The van der Waals surface area contributed by atoms with Crippen LogP contribution in [0, 0.1) is 6.92 Å². The van der Waals surface area contributed by atoms with Crippen LogP contribution >= 0.6 is 0 Å². The molecule has 0 unspecified atom stereocenters. The standard InChI is InChI=1S/C21H14O5/c1-11-2-5-14(17(8-11)21(24)25)20-15-6-3-12(22)9-18(15)26-19-10-13(23)4-7-16(19)20/h2-10,22H,1H3,(H,24,25). The van der Waals surface area contributed by atoms with Gasteiger partial charge in [0.15, 0.2) is 5.43 Å². The van der Waals surface area contributed by atoms with Crippen molar-refractivity contribution in [3.8, 4) is 28.2 Å². The Labute approximate surface area is 148 Å². The number of phenolic OH excluding ortho intramolecular Hbond substituents is 1. The van der Waals surface area contributed by atoms with Gasteiger partial charge in [-0.05, 0) is 42.8 Å². The lowest BCUT2D eigenvalue weighted by Gasteiger charge is -2.17. The first-order chi connectivity index (χ1) is 12.4. The Balaban J connectivity index is 2.21. The van der Waals surface area contributed by atoms with Crippen LogP contribution in [-0.4, -0.2) is 16.2 Å². The molecule has 5 heteroatoms. The molecule has 2 aromatic rings.